The molecule has 0 saturated carbocycles. The largest absolute Gasteiger partial charge is 0.497 e. The normalized spacial score (nSPS) is 10.8. The second kappa shape index (κ2) is 9.84. The average molecular weight is 469 g/mol. The number of fused-ring (bicyclic) bond motifs is 1. The van der Waals surface area contributed by atoms with Crippen LogP contribution in [-0.2, 0) is 9.53 Å². The van der Waals surface area contributed by atoms with Crippen molar-refractivity contribution in [3.05, 3.63) is 59.6 Å². The Morgan fingerprint density at radius 2 is 1.97 bits per heavy atom. The van der Waals surface area contributed by atoms with E-state index in [0.29, 0.717) is 32.7 Å². The summed E-state index contributed by atoms with van der Waals surface area (Å²) < 4.78 is 12.3. The number of rotatable bonds is 8. The molecule has 0 atom stereocenters. The molecular formula is C22H20N4O4S2. The number of carbonyl (C=O) groups excluding carboxylic acids is 2. The van der Waals surface area contributed by atoms with Crippen molar-refractivity contribution in [1.82, 2.24) is 14.6 Å². The lowest BCUT2D eigenvalue weighted by molar-refractivity contribution is -0.113. The highest BCUT2D eigenvalue weighted by Crippen LogP contribution is 2.37. The third-order valence-electron chi connectivity index (χ3n) is 4.54. The lowest BCUT2D eigenvalue weighted by Gasteiger charge is -2.09. The van der Waals surface area contributed by atoms with Crippen LogP contribution < -0.4 is 10.1 Å². The first kappa shape index (κ1) is 21.8. The van der Waals surface area contributed by atoms with Gasteiger partial charge < -0.3 is 14.8 Å². The molecular weight excluding hydrogens is 448 g/mol. The molecule has 8 nitrogen and oxygen atoms in total. The summed E-state index contributed by atoms with van der Waals surface area (Å²) in [6.45, 7) is 1.98. The van der Waals surface area contributed by atoms with Gasteiger partial charge in [-0.2, -0.15) is 0 Å². The zero-order valence-electron chi connectivity index (χ0n) is 17.4. The monoisotopic (exact) mass is 468 g/mol. The van der Waals surface area contributed by atoms with Crippen LogP contribution in [0.3, 0.4) is 0 Å². The molecule has 32 heavy (non-hydrogen) atoms. The molecule has 3 aromatic heterocycles. The van der Waals surface area contributed by atoms with Crippen LogP contribution in [-0.4, -0.2) is 45.9 Å². The summed E-state index contributed by atoms with van der Waals surface area (Å²) in [5, 5.41) is 13.9. The Morgan fingerprint density at radius 3 is 2.72 bits per heavy atom. The lowest BCUT2D eigenvalue weighted by atomic mass is 10.0. The molecule has 0 bridgehead atoms. The molecule has 164 valence electrons. The van der Waals surface area contributed by atoms with E-state index < -0.39 is 5.97 Å². The van der Waals surface area contributed by atoms with E-state index in [0.717, 1.165) is 5.56 Å². The van der Waals surface area contributed by atoms with E-state index in [1.165, 1.54) is 23.1 Å². The third kappa shape index (κ3) is 4.61. The number of thioether (sulfide) groups is 1. The van der Waals surface area contributed by atoms with Gasteiger partial charge in [-0.15, -0.1) is 21.5 Å². The molecule has 1 amide bonds. The van der Waals surface area contributed by atoms with Crippen molar-refractivity contribution >= 4 is 45.6 Å². The van der Waals surface area contributed by atoms with Gasteiger partial charge in [-0.05, 0) is 36.8 Å². The number of ether oxygens (including phenoxy) is 2. The number of nitrogens with zero attached hydrogens (tertiary/aromatic N) is 3. The van der Waals surface area contributed by atoms with Gasteiger partial charge in [0, 0.05) is 17.1 Å². The van der Waals surface area contributed by atoms with Gasteiger partial charge in [0.25, 0.3) is 0 Å². The number of amides is 1. The first-order valence-corrected chi connectivity index (χ1v) is 11.6. The Kier molecular flexibility index (Phi) is 6.72. The molecule has 4 rings (SSSR count). The topological polar surface area (TPSA) is 94.8 Å². The number of pyridine rings is 1. The van der Waals surface area contributed by atoms with E-state index in [-0.39, 0.29) is 18.3 Å². The Bertz CT molecular complexity index is 1250. The summed E-state index contributed by atoms with van der Waals surface area (Å²) in [4.78, 5) is 25.4. The zero-order valence-corrected chi connectivity index (χ0v) is 19.0. The zero-order chi connectivity index (χ0) is 22.5. The van der Waals surface area contributed by atoms with Crippen LogP contribution in [0.2, 0.25) is 0 Å². The molecule has 4 aromatic rings. The molecule has 0 radical (unpaired) electrons. The van der Waals surface area contributed by atoms with Crippen LogP contribution in [0.5, 0.6) is 5.75 Å². The van der Waals surface area contributed by atoms with Gasteiger partial charge in [0.1, 0.15) is 16.3 Å². The molecule has 0 spiro atoms. The third-order valence-corrected chi connectivity index (χ3v) is 6.38. The highest BCUT2D eigenvalue weighted by atomic mass is 32.2. The van der Waals surface area contributed by atoms with Gasteiger partial charge in [0.2, 0.25) is 5.91 Å². The lowest BCUT2D eigenvalue weighted by Crippen LogP contribution is -2.16. The Labute approximate surface area is 192 Å². The predicted molar refractivity (Wildman–Crippen MR) is 125 cm³/mol. The van der Waals surface area contributed by atoms with Crippen LogP contribution >= 0.6 is 23.1 Å². The summed E-state index contributed by atoms with van der Waals surface area (Å²) in [5.74, 6) is 0.101. The quantitative estimate of drug-likeness (QED) is 0.303. The minimum atomic E-state index is -0.481. The van der Waals surface area contributed by atoms with Crippen LogP contribution in [0, 0.1) is 0 Å². The van der Waals surface area contributed by atoms with Crippen molar-refractivity contribution in [2.24, 2.45) is 0 Å². The molecule has 0 aliphatic carbocycles. The number of aromatic nitrogens is 3. The average Bonchev–Trinajstić information content (AvgIpc) is 3.42. The number of hydrogen-bond acceptors (Lipinski definition) is 8. The molecule has 1 aromatic carbocycles. The summed E-state index contributed by atoms with van der Waals surface area (Å²) >= 11 is 2.55. The number of hydrogen-bond donors (Lipinski definition) is 1. The van der Waals surface area contributed by atoms with Crippen molar-refractivity contribution < 1.29 is 19.1 Å². The second-order valence-corrected chi connectivity index (χ2v) is 8.37. The number of benzene rings is 1. The molecule has 1 N–H and O–H groups in total. The number of anilines is 1. The van der Waals surface area contributed by atoms with E-state index in [1.807, 2.05) is 58.4 Å². The van der Waals surface area contributed by atoms with Gasteiger partial charge in [-0.25, -0.2) is 4.79 Å². The van der Waals surface area contributed by atoms with Crippen LogP contribution in [0.1, 0.15) is 17.3 Å². The number of methoxy groups -OCH3 is 1. The van der Waals surface area contributed by atoms with Gasteiger partial charge in [0.15, 0.2) is 10.8 Å². The maximum absolute atomic E-state index is 12.7. The molecule has 3 heterocycles. The van der Waals surface area contributed by atoms with Crippen LogP contribution in [0.15, 0.2) is 59.2 Å². The molecule has 0 aliphatic heterocycles. The number of carbonyl (C=O) groups is 2. The number of thiophene rings is 1. The standard InChI is InChI=1S/C22H20N4O4S2/c1-3-30-21(28)19-16(14-7-9-15(29-2)10-8-14)12-31-20(19)23-18(27)13-32-22-25-24-17-6-4-5-11-26(17)22/h4-12H,3,13H2,1-2H3,(H,23,27). The number of esters is 1. The van der Waals surface area contributed by atoms with Crippen molar-refractivity contribution in [2.45, 2.75) is 12.1 Å². The van der Waals surface area contributed by atoms with Crippen LogP contribution in [0.25, 0.3) is 16.8 Å². The fourth-order valence-electron chi connectivity index (χ4n) is 3.05. The van der Waals surface area contributed by atoms with Crippen molar-refractivity contribution in [3.63, 3.8) is 0 Å². The minimum absolute atomic E-state index is 0.119. The number of nitrogens with one attached hydrogen (secondary N) is 1. The van der Waals surface area contributed by atoms with Crippen molar-refractivity contribution in [2.75, 3.05) is 24.8 Å². The van der Waals surface area contributed by atoms with Gasteiger partial charge in [-0.1, -0.05) is 30.0 Å². The van der Waals surface area contributed by atoms with Gasteiger partial charge in [0.05, 0.1) is 19.5 Å². The van der Waals surface area contributed by atoms with Crippen molar-refractivity contribution in [1.29, 1.82) is 0 Å². The maximum Gasteiger partial charge on any atom is 0.341 e. The maximum atomic E-state index is 12.7. The summed E-state index contributed by atoms with van der Waals surface area (Å²) in [5.41, 5.74) is 2.58. The highest BCUT2D eigenvalue weighted by Gasteiger charge is 2.23. The van der Waals surface area contributed by atoms with Gasteiger partial charge >= 0.3 is 5.97 Å². The SMILES string of the molecule is CCOC(=O)c1c(-c2ccc(OC)cc2)csc1NC(=O)CSc1nnc2ccccn12. The predicted octanol–water partition coefficient (Wildman–Crippen LogP) is 4.37. The molecule has 10 heteroatoms. The smallest absolute Gasteiger partial charge is 0.341 e. The van der Waals surface area contributed by atoms with E-state index >= 15 is 0 Å². The minimum Gasteiger partial charge on any atom is -0.497 e. The highest BCUT2D eigenvalue weighted by molar-refractivity contribution is 7.99. The van der Waals surface area contributed by atoms with E-state index in [4.69, 9.17) is 9.47 Å². The fraction of sp³-hybridized carbons (Fsp3) is 0.182. The first-order valence-electron chi connectivity index (χ1n) is 9.76. The van der Waals surface area contributed by atoms with E-state index in [9.17, 15) is 9.59 Å². The summed E-state index contributed by atoms with van der Waals surface area (Å²) in [6, 6.07) is 13.0. The van der Waals surface area contributed by atoms with E-state index in [2.05, 4.69) is 15.5 Å². The Balaban J connectivity index is 1.53. The van der Waals surface area contributed by atoms with Gasteiger partial charge in [-0.3, -0.25) is 9.20 Å². The Hall–Kier alpha value is -3.37. The van der Waals surface area contributed by atoms with Crippen LogP contribution in [0.4, 0.5) is 5.00 Å². The molecule has 0 aliphatic rings. The Morgan fingerprint density at radius 1 is 1.16 bits per heavy atom. The first-order chi connectivity index (χ1) is 15.6. The summed E-state index contributed by atoms with van der Waals surface area (Å²) in [6.07, 6.45) is 1.84. The van der Waals surface area contributed by atoms with E-state index in [1.54, 1.807) is 14.0 Å². The fourth-order valence-corrected chi connectivity index (χ4v) is 4.75. The molecule has 0 fully saturated rings. The van der Waals surface area contributed by atoms with Crippen molar-refractivity contribution in [3.8, 4) is 16.9 Å². The second-order valence-electron chi connectivity index (χ2n) is 6.55. The summed E-state index contributed by atoms with van der Waals surface area (Å²) in [7, 11) is 1.59. The molecule has 0 unspecified atom stereocenters. The molecule has 0 saturated heterocycles.